The minimum Gasteiger partial charge on any atom is -0.459 e. The van der Waals surface area contributed by atoms with Gasteiger partial charge < -0.3 is 87.3 Å². The van der Waals surface area contributed by atoms with Gasteiger partial charge in [-0.15, -0.1) is 11.3 Å². The molecule has 6 fully saturated rings. The van der Waals surface area contributed by atoms with Gasteiger partial charge in [0.25, 0.3) is 0 Å². The molecule has 640 valence electrons. The molecule has 8 heterocycles. The molecule has 3 aromatic rings. The molecule has 26 atom stereocenters. The third kappa shape index (κ3) is 23.3. The molecule has 6 aliphatic heterocycles. The molecule has 2 aromatic heterocycles. The van der Waals surface area contributed by atoms with Crippen LogP contribution < -0.4 is 0 Å². The lowest BCUT2D eigenvalue weighted by Crippen LogP contribution is -2.60. The number of amides is 2. The van der Waals surface area contributed by atoms with Gasteiger partial charge in [-0.25, -0.2) is 9.98 Å². The van der Waals surface area contributed by atoms with E-state index in [1.165, 1.54) is 41.5 Å². The number of ether oxygens (including phenoxy) is 10. The van der Waals surface area contributed by atoms with Gasteiger partial charge in [-0.05, 0) is 158 Å². The van der Waals surface area contributed by atoms with Crippen molar-refractivity contribution in [1.82, 2.24) is 14.8 Å². The number of aliphatic imine (C=N–C) groups is 2. The van der Waals surface area contributed by atoms with E-state index in [1.807, 2.05) is 134 Å². The fourth-order valence-electron chi connectivity index (χ4n) is 17.3. The van der Waals surface area contributed by atoms with Crippen molar-refractivity contribution in [2.75, 3.05) is 54.6 Å². The number of pyridine rings is 1. The van der Waals surface area contributed by atoms with Crippen molar-refractivity contribution in [3.63, 3.8) is 0 Å². The molecule has 4 N–H and O–H groups in total. The van der Waals surface area contributed by atoms with E-state index in [9.17, 15) is 49.2 Å². The molecule has 0 radical (unpaired) electrons. The number of esters is 2. The first-order valence-corrected chi connectivity index (χ1v) is 41.2. The number of hydrogen-bond donors (Lipinski definition) is 4. The smallest absolute Gasteiger partial charge is 0.316 e. The van der Waals surface area contributed by atoms with Gasteiger partial charge in [0.05, 0.1) is 74.3 Å². The number of aliphatic hydroxyl groups excluding tert-OH is 2. The van der Waals surface area contributed by atoms with Crippen molar-refractivity contribution in [1.29, 1.82) is 0 Å². The van der Waals surface area contributed by atoms with Gasteiger partial charge in [0.15, 0.2) is 30.8 Å². The van der Waals surface area contributed by atoms with E-state index in [0.29, 0.717) is 35.7 Å². The van der Waals surface area contributed by atoms with Gasteiger partial charge in [-0.2, -0.15) is 0 Å². The van der Waals surface area contributed by atoms with Crippen molar-refractivity contribution in [3.05, 3.63) is 77.4 Å². The number of oxime groups is 2. The van der Waals surface area contributed by atoms with Crippen LogP contribution in [0, 0.1) is 47.3 Å². The Labute approximate surface area is 681 Å². The van der Waals surface area contributed by atoms with Crippen LogP contribution in [-0.2, 0) is 99.0 Å². The van der Waals surface area contributed by atoms with Crippen LogP contribution in [0.4, 0.5) is 0 Å². The van der Waals surface area contributed by atoms with Crippen LogP contribution in [0.1, 0.15) is 174 Å². The summed E-state index contributed by atoms with van der Waals surface area (Å²) in [6, 6.07) is 16.7. The van der Waals surface area contributed by atoms with Crippen molar-refractivity contribution >= 4 is 69.5 Å². The van der Waals surface area contributed by atoms with Crippen molar-refractivity contribution in [2.45, 2.75) is 284 Å². The zero-order valence-electron chi connectivity index (χ0n) is 71.2. The average molecular weight is 1630 g/mol. The molecule has 6 saturated heterocycles. The summed E-state index contributed by atoms with van der Waals surface area (Å²) >= 11 is 1.54. The van der Waals surface area contributed by atoms with Crippen molar-refractivity contribution < 1.29 is 106 Å². The van der Waals surface area contributed by atoms with Gasteiger partial charge in [0, 0.05) is 88.7 Å². The first-order valence-electron chi connectivity index (χ1n) is 40.4. The van der Waals surface area contributed by atoms with Gasteiger partial charge in [-0.3, -0.25) is 33.8 Å². The van der Waals surface area contributed by atoms with Crippen LogP contribution in [-0.4, -0.2) is 256 Å². The predicted octanol–water partition coefficient (Wildman–Crippen LogP) is 9.37. The maximum atomic E-state index is 14.5. The number of thiophene rings is 1. The lowest BCUT2D eigenvalue weighted by atomic mass is 9.73. The zero-order chi connectivity index (χ0) is 84.9. The first kappa shape index (κ1) is 93.9. The van der Waals surface area contributed by atoms with E-state index in [4.69, 9.17) is 57.0 Å². The summed E-state index contributed by atoms with van der Waals surface area (Å²) in [6.07, 6.45) is -6.49. The number of cyclic esters (lactones) is 2. The van der Waals surface area contributed by atoms with Crippen LogP contribution in [0.25, 0.3) is 10.4 Å². The van der Waals surface area contributed by atoms with Gasteiger partial charge in [-0.1, -0.05) is 102 Å². The highest BCUT2D eigenvalue weighted by Gasteiger charge is 2.56. The Morgan fingerprint density at radius 3 is 1.39 bits per heavy atom. The Morgan fingerprint density at radius 1 is 0.574 bits per heavy atom. The predicted molar refractivity (Wildman–Crippen MR) is 432 cm³/mol. The third-order valence-electron chi connectivity index (χ3n) is 23.5. The highest BCUT2D eigenvalue weighted by Crippen LogP contribution is 2.44. The number of ketones is 2. The van der Waals surface area contributed by atoms with E-state index >= 15 is 0 Å². The van der Waals surface area contributed by atoms with Crippen LogP contribution in [0.3, 0.4) is 0 Å². The number of Topliss-reactive ketones (excluding diaryl/α,β-unsaturated/α-hetero) is 2. The van der Waals surface area contributed by atoms with Gasteiger partial charge in [0.1, 0.15) is 65.5 Å². The first-order chi connectivity index (χ1) is 54.1. The Kier molecular flexibility index (Phi) is 33.4. The second-order valence-corrected chi connectivity index (χ2v) is 34.8. The van der Waals surface area contributed by atoms with E-state index in [0.717, 1.165) is 20.9 Å². The lowest BCUT2D eigenvalue weighted by Gasteiger charge is -2.47. The number of hydrogen-bond acceptors (Lipinski definition) is 28. The number of carbonyl (C=O) groups is 6. The number of benzene rings is 1. The molecule has 115 heavy (non-hydrogen) atoms. The SMILES string of the molecule is CC[C@H]1OC(=O)[C@H](C)C(=O)[C@H](C)[C@@H](O[C@@H]2O[C@H](C)C[C@H](N(C)C)[C@H]2O)[C@@]2(C)C[C@@H](C)C(=NC(C)=O)[C@H](C)[C@@H](OCC(=NOCc3ccc(-c4cccnc4)s3)CO2)[C@]1(C)O.CC[C@H]1OC(=O)[C@H](C)C(=O)[C@H](C)[C@@H](O[C@@H]2O[C@H](C)C[C@H](N(C)C)[C@H]2O)[C@@]2(C)C[C@@H](C)C(=NC(C)=O)[C@H](C)[C@@H](OCC(=NOCc3ccccc3)CO2)[C@]1(C)O. The minimum atomic E-state index is -1.84. The Balaban J connectivity index is 0.000000289. The summed E-state index contributed by atoms with van der Waals surface area (Å²) < 4.78 is 64.9. The monoisotopic (exact) mass is 1630 g/mol. The standard InChI is InChI=1S/C44H64N4O11S.C41H63N3O11/c1-12-35-44(9,53)40-26(4)36(46-29(7)49)24(2)19-43(8,55-22-31(21-54-40)47-56-23-32-15-16-34(60-32)30-14-13-17-45-20-30)39(27(5)37(50)28(6)41(52)58-35)59-42-38(51)33(48(10)11)18-25(3)57-42;1-12-32-41(9,49)37-25(4)33(42-28(7)45)23(2)19-40(8,51-22-30(21-50-37)43-52-20-29-16-14-13-15-17-29)36(26(5)34(46)27(6)38(48)54-32)55-39-35(47)31(44(10)11)18-24(3)53-39/h13-17,20,24-28,33,35,38-40,42,51,53H,12,18-19,21-23H2,1-11H3;13-17,23-27,31-32,35-37,39,47,49H,12,18-22H2,1-11H3/t24-,25-,26+,27+,28-,33+,35-,38-,39-,40-,42+,43-,44-;23-,24-,25+,26+,27-,31+,32-,35-,36-,37-,39+,40-,41-/m11/s1. The Bertz CT molecular complexity index is 3880. The molecule has 0 unspecified atom stereocenters. The number of aromatic nitrogens is 1. The molecule has 6 aliphatic rings. The summed E-state index contributed by atoms with van der Waals surface area (Å²) in [5.41, 5.74) is -3.07. The highest BCUT2D eigenvalue weighted by molar-refractivity contribution is 7.15. The lowest BCUT2D eigenvalue weighted by molar-refractivity contribution is -0.296. The molecule has 0 aliphatic carbocycles. The molecule has 0 saturated carbocycles. The number of aliphatic hydroxyl groups is 4. The fraction of sp³-hybridized carbons (Fsp3) is 0.706. The van der Waals surface area contributed by atoms with Gasteiger partial charge >= 0.3 is 11.9 Å². The summed E-state index contributed by atoms with van der Waals surface area (Å²) in [5.74, 6) is -10.5. The number of fused-ring (bicyclic) bond motifs is 10. The largest absolute Gasteiger partial charge is 0.459 e. The molecule has 29 nitrogen and oxygen atoms in total. The van der Waals surface area contributed by atoms with Crippen LogP contribution in [0.15, 0.2) is 87.3 Å². The van der Waals surface area contributed by atoms with E-state index in [-0.39, 0.29) is 89.6 Å². The molecular formula is C85H127N7O22S. The Hall–Kier alpha value is -6.59. The second kappa shape index (κ2) is 40.9. The van der Waals surface area contributed by atoms with Crippen molar-refractivity contribution in [2.24, 2.45) is 67.6 Å². The summed E-state index contributed by atoms with van der Waals surface area (Å²) in [5, 5.41) is 57.0. The molecule has 4 bridgehead atoms. The molecule has 1 aromatic carbocycles. The molecule has 9 rings (SSSR count). The number of rotatable bonds is 15. The van der Waals surface area contributed by atoms with Crippen molar-refractivity contribution in [3.8, 4) is 10.4 Å². The Morgan fingerprint density at radius 2 is 1.00 bits per heavy atom. The molecular weight excluding hydrogens is 1500 g/mol. The summed E-state index contributed by atoms with van der Waals surface area (Å²) in [7, 11) is 7.48. The quantitative estimate of drug-likeness (QED) is 0.0625. The minimum absolute atomic E-state index is 0.140. The van der Waals surface area contributed by atoms with Crippen LogP contribution in [0.5, 0.6) is 0 Å². The molecule has 30 heteroatoms. The van der Waals surface area contributed by atoms with Crippen LogP contribution in [0.2, 0.25) is 0 Å². The zero-order valence-corrected chi connectivity index (χ0v) is 72.0. The number of likely N-dealkylation sites (N-methyl/N-ethyl adjacent to an activating group) is 2. The van der Waals surface area contributed by atoms with Crippen LogP contribution >= 0.6 is 11.3 Å². The van der Waals surface area contributed by atoms with E-state index in [2.05, 4.69) is 25.3 Å². The maximum Gasteiger partial charge on any atom is 0.316 e. The summed E-state index contributed by atoms with van der Waals surface area (Å²) in [6.45, 7) is 30.0. The number of nitrogens with zero attached hydrogens (tertiary/aromatic N) is 7. The summed E-state index contributed by atoms with van der Waals surface area (Å²) in [4.78, 5) is 113. The normalized spacial score (nSPS) is 38.7. The maximum absolute atomic E-state index is 14.5. The third-order valence-corrected chi connectivity index (χ3v) is 24.6. The number of carbonyl (C=O) groups excluding carboxylic acids is 6. The van der Waals surface area contributed by atoms with E-state index in [1.54, 1.807) is 65.3 Å². The van der Waals surface area contributed by atoms with E-state index < -0.39 is 166 Å². The fourth-order valence-corrected chi connectivity index (χ4v) is 18.2. The van der Waals surface area contributed by atoms with Gasteiger partial charge in [0.2, 0.25) is 11.8 Å². The average Bonchev–Trinajstić information content (AvgIpc) is 1.72. The highest BCUT2D eigenvalue weighted by atomic mass is 32.1. The molecule has 0 spiro atoms. The second-order valence-electron chi connectivity index (χ2n) is 33.6. The topological polar surface area (TPSA) is 363 Å². The molecule has 2 amide bonds.